The van der Waals surface area contributed by atoms with Gasteiger partial charge in [-0.15, -0.1) is 0 Å². The molecule has 2 rings (SSSR count). The van der Waals surface area contributed by atoms with E-state index in [1.807, 2.05) is 44.2 Å². The lowest BCUT2D eigenvalue weighted by Gasteiger charge is -2.21. The van der Waals surface area contributed by atoms with E-state index in [1.54, 1.807) is 10.8 Å². The average Bonchev–Trinajstić information content (AvgIpc) is 2.89. The minimum absolute atomic E-state index is 0.0429. The van der Waals surface area contributed by atoms with Gasteiger partial charge in [0.15, 0.2) is 4.77 Å². The maximum atomic E-state index is 12.6. The van der Waals surface area contributed by atoms with E-state index in [-0.39, 0.29) is 24.5 Å². The molecule has 0 fully saturated rings. The third-order valence-electron chi connectivity index (χ3n) is 3.58. The third kappa shape index (κ3) is 3.64. The van der Waals surface area contributed by atoms with Gasteiger partial charge in [-0.05, 0) is 36.7 Å². The number of amides is 1. The lowest BCUT2D eigenvalue weighted by molar-refractivity contribution is 0.0909. The second-order valence-corrected chi connectivity index (χ2v) is 5.87. The zero-order valence-corrected chi connectivity index (χ0v) is 13.6. The molecule has 0 unspecified atom stereocenters. The third-order valence-corrected chi connectivity index (χ3v) is 3.89. The van der Waals surface area contributed by atoms with Gasteiger partial charge in [-0.25, -0.2) is 0 Å². The second kappa shape index (κ2) is 7.38. The lowest BCUT2D eigenvalue weighted by atomic mass is 10.0. The molecule has 118 valence electrons. The van der Waals surface area contributed by atoms with Crippen molar-refractivity contribution in [1.82, 2.24) is 14.9 Å². The molecule has 1 aromatic carbocycles. The second-order valence-electron chi connectivity index (χ2n) is 5.49. The van der Waals surface area contributed by atoms with Crippen LogP contribution in [0.25, 0.3) is 5.69 Å². The highest BCUT2D eigenvalue weighted by Gasteiger charge is 2.20. The van der Waals surface area contributed by atoms with Gasteiger partial charge in [0.2, 0.25) is 0 Å². The van der Waals surface area contributed by atoms with Crippen LogP contribution in [0.2, 0.25) is 0 Å². The summed E-state index contributed by atoms with van der Waals surface area (Å²) in [6.07, 6.45) is 2.14. The quantitative estimate of drug-likeness (QED) is 0.717. The molecule has 2 aromatic rings. The van der Waals surface area contributed by atoms with E-state index in [1.165, 1.54) is 0 Å². The number of carbonyl (C=O) groups is 1. The first-order valence-electron chi connectivity index (χ1n) is 7.32. The van der Waals surface area contributed by atoms with Crippen LogP contribution in [0.15, 0.2) is 36.5 Å². The van der Waals surface area contributed by atoms with Crippen LogP contribution in [0.1, 0.15) is 30.8 Å². The van der Waals surface area contributed by atoms with Crippen molar-refractivity contribution in [1.29, 1.82) is 0 Å². The molecule has 0 saturated heterocycles. The van der Waals surface area contributed by atoms with Gasteiger partial charge < -0.3 is 15.4 Å². The van der Waals surface area contributed by atoms with E-state index in [4.69, 9.17) is 17.3 Å². The molecular formula is C16H21N3O2S. The Hall–Kier alpha value is -1.92. The van der Waals surface area contributed by atoms with Crippen LogP contribution in [0, 0.1) is 10.7 Å². The summed E-state index contributed by atoms with van der Waals surface area (Å²) >= 11 is 5.28. The summed E-state index contributed by atoms with van der Waals surface area (Å²) in [6, 6.07) is 9.42. The van der Waals surface area contributed by atoms with Crippen molar-refractivity contribution < 1.29 is 9.90 Å². The molecule has 1 heterocycles. The SMILES string of the molecule is CC(C)[C@@H](CCO)NC(=O)c1c[nH]c(=S)n1-c1ccccc1. The van der Waals surface area contributed by atoms with Crippen LogP contribution in [0.4, 0.5) is 0 Å². The molecule has 1 aromatic heterocycles. The Morgan fingerprint density at radius 2 is 2.05 bits per heavy atom. The molecule has 6 heteroatoms. The van der Waals surface area contributed by atoms with Crippen LogP contribution >= 0.6 is 12.2 Å². The van der Waals surface area contributed by atoms with Gasteiger partial charge in [0.25, 0.3) is 5.91 Å². The number of imidazole rings is 1. The predicted octanol–water partition coefficient (Wildman–Crippen LogP) is 2.67. The Bertz CT molecular complexity index is 676. The molecule has 0 spiro atoms. The number of H-pyrrole nitrogens is 1. The van der Waals surface area contributed by atoms with Gasteiger partial charge in [-0.3, -0.25) is 9.36 Å². The first-order valence-corrected chi connectivity index (χ1v) is 7.73. The summed E-state index contributed by atoms with van der Waals surface area (Å²) in [4.78, 5) is 15.5. The van der Waals surface area contributed by atoms with Crippen molar-refractivity contribution in [3.05, 3.63) is 47.0 Å². The number of para-hydroxylation sites is 1. The van der Waals surface area contributed by atoms with E-state index in [0.29, 0.717) is 16.9 Å². The fraction of sp³-hybridized carbons (Fsp3) is 0.375. The van der Waals surface area contributed by atoms with Crippen LogP contribution in [-0.4, -0.2) is 33.2 Å². The standard InChI is InChI=1S/C16H21N3O2S/c1-11(2)13(8-9-20)18-15(21)14-10-17-16(22)19(14)12-6-4-3-5-7-12/h3-7,10-11,13,20H,8-9H2,1-2H3,(H,17,22)(H,18,21)/t13-/m1/s1. The van der Waals surface area contributed by atoms with Crippen molar-refractivity contribution in [2.75, 3.05) is 6.61 Å². The molecule has 0 radical (unpaired) electrons. The van der Waals surface area contributed by atoms with Gasteiger partial charge in [0.1, 0.15) is 5.69 Å². The number of aromatic nitrogens is 2. The zero-order valence-electron chi connectivity index (χ0n) is 12.7. The molecule has 0 aliphatic heterocycles. The zero-order chi connectivity index (χ0) is 16.1. The van der Waals surface area contributed by atoms with Crippen molar-refractivity contribution in [2.45, 2.75) is 26.3 Å². The minimum Gasteiger partial charge on any atom is -0.396 e. The maximum Gasteiger partial charge on any atom is 0.270 e. The van der Waals surface area contributed by atoms with Gasteiger partial charge in [-0.2, -0.15) is 0 Å². The number of rotatable bonds is 6. The number of carbonyl (C=O) groups excluding carboxylic acids is 1. The van der Waals surface area contributed by atoms with Gasteiger partial charge in [0.05, 0.1) is 0 Å². The fourth-order valence-corrected chi connectivity index (χ4v) is 2.59. The van der Waals surface area contributed by atoms with Crippen LogP contribution < -0.4 is 5.32 Å². The topological polar surface area (TPSA) is 70.1 Å². The van der Waals surface area contributed by atoms with E-state index in [9.17, 15) is 4.79 Å². The van der Waals surface area contributed by atoms with Crippen LogP contribution in [0.3, 0.4) is 0 Å². The highest BCUT2D eigenvalue weighted by molar-refractivity contribution is 7.71. The minimum atomic E-state index is -0.205. The molecule has 0 aliphatic rings. The number of benzene rings is 1. The Labute approximate surface area is 135 Å². The molecular weight excluding hydrogens is 298 g/mol. The van der Waals surface area contributed by atoms with Crippen molar-refractivity contribution in [3.63, 3.8) is 0 Å². The summed E-state index contributed by atoms with van der Waals surface area (Å²) in [7, 11) is 0. The first kappa shape index (κ1) is 16.5. The van der Waals surface area contributed by atoms with Crippen molar-refractivity contribution in [3.8, 4) is 5.69 Å². The van der Waals surface area contributed by atoms with Crippen LogP contribution in [-0.2, 0) is 0 Å². The maximum absolute atomic E-state index is 12.6. The first-order chi connectivity index (χ1) is 10.5. The van der Waals surface area contributed by atoms with Crippen molar-refractivity contribution >= 4 is 18.1 Å². The average molecular weight is 319 g/mol. The molecule has 22 heavy (non-hydrogen) atoms. The molecule has 0 saturated carbocycles. The normalized spacial score (nSPS) is 12.4. The number of hydrogen-bond acceptors (Lipinski definition) is 3. The number of aliphatic hydroxyl groups is 1. The number of aromatic amines is 1. The Balaban J connectivity index is 2.30. The summed E-state index contributed by atoms with van der Waals surface area (Å²) < 4.78 is 2.18. The van der Waals surface area contributed by atoms with Crippen molar-refractivity contribution in [2.24, 2.45) is 5.92 Å². The lowest BCUT2D eigenvalue weighted by Crippen LogP contribution is -2.39. The van der Waals surface area contributed by atoms with Gasteiger partial charge in [-0.1, -0.05) is 32.0 Å². The molecule has 0 aliphatic carbocycles. The number of nitrogens with zero attached hydrogens (tertiary/aromatic N) is 1. The Morgan fingerprint density at radius 1 is 1.36 bits per heavy atom. The highest BCUT2D eigenvalue weighted by atomic mass is 32.1. The summed E-state index contributed by atoms with van der Waals surface area (Å²) in [5.74, 6) is 0.0338. The largest absolute Gasteiger partial charge is 0.396 e. The Kier molecular flexibility index (Phi) is 5.51. The number of nitrogens with one attached hydrogen (secondary N) is 2. The number of aliphatic hydroxyl groups excluding tert-OH is 1. The smallest absolute Gasteiger partial charge is 0.270 e. The molecule has 1 atom stereocenters. The summed E-state index contributed by atoms with van der Waals surface area (Å²) in [6.45, 7) is 4.07. The number of hydrogen-bond donors (Lipinski definition) is 3. The molecule has 1 amide bonds. The summed E-state index contributed by atoms with van der Waals surface area (Å²) in [5, 5.41) is 12.1. The fourth-order valence-electron chi connectivity index (χ4n) is 2.32. The summed E-state index contributed by atoms with van der Waals surface area (Å²) in [5.41, 5.74) is 1.29. The van der Waals surface area contributed by atoms with E-state index in [0.717, 1.165) is 5.69 Å². The molecule has 5 nitrogen and oxygen atoms in total. The molecule has 3 N–H and O–H groups in total. The monoisotopic (exact) mass is 319 g/mol. The van der Waals surface area contributed by atoms with E-state index in [2.05, 4.69) is 10.3 Å². The van der Waals surface area contributed by atoms with Gasteiger partial charge in [0, 0.05) is 24.5 Å². The Morgan fingerprint density at radius 3 is 2.64 bits per heavy atom. The predicted molar refractivity (Wildman–Crippen MR) is 88.7 cm³/mol. The van der Waals surface area contributed by atoms with Gasteiger partial charge >= 0.3 is 0 Å². The molecule has 0 bridgehead atoms. The highest BCUT2D eigenvalue weighted by Crippen LogP contribution is 2.14. The van der Waals surface area contributed by atoms with E-state index < -0.39 is 0 Å². The van der Waals surface area contributed by atoms with Crippen LogP contribution in [0.5, 0.6) is 0 Å². The van der Waals surface area contributed by atoms with E-state index >= 15 is 0 Å².